The molecule has 0 saturated carbocycles. The van der Waals surface area contributed by atoms with Crippen LogP contribution in [-0.2, 0) is 20.7 Å². The molecule has 1 aromatic carbocycles. The van der Waals surface area contributed by atoms with Crippen molar-refractivity contribution < 1.29 is 19.1 Å². The smallest absolute Gasteiger partial charge is 0.315 e. The molecule has 0 amide bonds. The number of carbonyl (C=O) groups is 2. The molecule has 1 atom stereocenters. The summed E-state index contributed by atoms with van der Waals surface area (Å²) in [5.41, 5.74) is 2.16. The lowest BCUT2D eigenvalue weighted by Gasteiger charge is -2.12. The van der Waals surface area contributed by atoms with Crippen molar-refractivity contribution in [1.82, 2.24) is 9.97 Å². The molecular weight excluding hydrogens is 416 g/mol. The van der Waals surface area contributed by atoms with Crippen LogP contribution in [0.2, 0.25) is 0 Å². The van der Waals surface area contributed by atoms with Crippen LogP contribution < -0.4 is 4.74 Å². The Labute approximate surface area is 197 Å². The van der Waals surface area contributed by atoms with Gasteiger partial charge in [-0.1, -0.05) is 63.1 Å². The zero-order valence-corrected chi connectivity index (χ0v) is 20.1. The van der Waals surface area contributed by atoms with Crippen molar-refractivity contribution in [1.29, 1.82) is 0 Å². The van der Waals surface area contributed by atoms with E-state index in [1.165, 1.54) is 18.0 Å². The normalized spacial score (nSPS) is 12.0. The third kappa shape index (κ3) is 10.4. The molecule has 0 aliphatic heterocycles. The van der Waals surface area contributed by atoms with Gasteiger partial charge in [-0.2, -0.15) is 0 Å². The van der Waals surface area contributed by atoms with E-state index in [4.69, 9.17) is 9.47 Å². The standard InChI is InChI=1S/C27H36N2O4/c1-4-6-7-8-9-14-26(31)33-24-19-28-27(29-20-24)23-17-15-22(16-18-23)13-11-10-12-21(3)32-25(30)5-2/h8-9,15-21H,4-7,10-14H2,1-3H3. The Morgan fingerprint density at radius 3 is 2.36 bits per heavy atom. The lowest BCUT2D eigenvalue weighted by atomic mass is 10.0. The van der Waals surface area contributed by atoms with Crippen LogP contribution in [0.1, 0.15) is 77.7 Å². The first kappa shape index (κ1) is 26.2. The average Bonchev–Trinajstić information content (AvgIpc) is 2.82. The molecule has 0 fully saturated rings. The minimum absolute atomic E-state index is 0.0264. The van der Waals surface area contributed by atoms with Gasteiger partial charge in [0.05, 0.1) is 24.9 Å². The molecule has 2 rings (SSSR count). The number of nitrogens with zero attached hydrogens (tertiary/aromatic N) is 2. The number of carbonyl (C=O) groups excluding carboxylic acids is 2. The van der Waals surface area contributed by atoms with Crippen molar-refractivity contribution in [3.63, 3.8) is 0 Å². The van der Waals surface area contributed by atoms with E-state index < -0.39 is 0 Å². The molecule has 0 saturated heterocycles. The zero-order valence-electron chi connectivity index (χ0n) is 20.1. The van der Waals surface area contributed by atoms with Gasteiger partial charge in [0.1, 0.15) is 0 Å². The number of unbranched alkanes of at least 4 members (excludes halogenated alkanes) is 3. The lowest BCUT2D eigenvalue weighted by Crippen LogP contribution is -2.13. The lowest BCUT2D eigenvalue weighted by molar-refractivity contribution is -0.148. The van der Waals surface area contributed by atoms with Crippen molar-refractivity contribution in [2.24, 2.45) is 0 Å². The fourth-order valence-corrected chi connectivity index (χ4v) is 3.26. The highest BCUT2D eigenvalue weighted by atomic mass is 16.5. The van der Waals surface area contributed by atoms with Gasteiger partial charge in [-0.25, -0.2) is 9.97 Å². The summed E-state index contributed by atoms with van der Waals surface area (Å²) in [7, 11) is 0. The van der Waals surface area contributed by atoms with Crippen LogP contribution >= 0.6 is 0 Å². The number of esters is 2. The summed E-state index contributed by atoms with van der Waals surface area (Å²) < 4.78 is 10.6. The number of benzene rings is 1. The predicted molar refractivity (Wildman–Crippen MR) is 130 cm³/mol. The van der Waals surface area contributed by atoms with Crippen LogP contribution in [0.15, 0.2) is 48.8 Å². The highest BCUT2D eigenvalue weighted by Gasteiger charge is 2.08. The second-order valence-electron chi connectivity index (χ2n) is 8.13. The molecule has 1 aromatic heterocycles. The Bertz CT molecular complexity index is 876. The van der Waals surface area contributed by atoms with Gasteiger partial charge in [-0.15, -0.1) is 0 Å². The molecule has 0 radical (unpaired) electrons. The second-order valence-corrected chi connectivity index (χ2v) is 8.13. The maximum Gasteiger partial charge on any atom is 0.315 e. The molecule has 6 heteroatoms. The second kappa shape index (κ2) is 14.9. The van der Waals surface area contributed by atoms with E-state index in [0.717, 1.165) is 50.5 Å². The number of allylic oxidation sites excluding steroid dienone is 1. The molecule has 33 heavy (non-hydrogen) atoms. The zero-order chi connectivity index (χ0) is 23.9. The molecule has 0 bridgehead atoms. The summed E-state index contributed by atoms with van der Waals surface area (Å²) >= 11 is 0. The Balaban J connectivity index is 1.76. The maximum atomic E-state index is 11.9. The molecule has 6 nitrogen and oxygen atoms in total. The fraction of sp³-hybridized carbons (Fsp3) is 0.481. The monoisotopic (exact) mass is 452 g/mol. The molecule has 0 N–H and O–H groups in total. The summed E-state index contributed by atoms with van der Waals surface area (Å²) in [5, 5.41) is 0. The van der Waals surface area contributed by atoms with Crippen molar-refractivity contribution in [3.8, 4) is 17.1 Å². The van der Waals surface area contributed by atoms with E-state index in [0.29, 0.717) is 18.0 Å². The summed E-state index contributed by atoms with van der Waals surface area (Å²) in [6, 6.07) is 8.17. The first-order valence-electron chi connectivity index (χ1n) is 12.0. The van der Waals surface area contributed by atoms with Gasteiger partial charge in [0.25, 0.3) is 0 Å². The highest BCUT2D eigenvalue weighted by molar-refractivity contribution is 5.73. The van der Waals surface area contributed by atoms with Crippen molar-refractivity contribution in [2.75, 3.05) is 0 Å². The third-order valence-electron chi connectivity index (χ3n) is 5.19. The van der Waals surface area contributed by atoms with Crippen LogP contribution in [0.3, 0.4) is 0 Å². The van der Waals surface area contributed by atoms with E-state index in [1.807, 2.05) is 38.1 Å². The molecule has 0 aliphatic carbocycles. The molecule has 1 unspecified atom stereocenters. The van der Waals surface area contributed by atoms with Gasteiger partial charge in [0.15, 0.2) is 11.6 Å². The number of aromatic nitrogens is 2. The molecule has 178 valence electrons. The van der Waals surface area contributed by atoms with Gasteiger partial charge < -0.3 is 9.47 Å². The highest BCUT2D eigenvalue weighted by Crippen LogP contribution is 2.19. The SMILES string of the molecule is CCCCC=CCC(=O)Oc1cnc(-c2ccc(CCCCC(C)OC(=O)CC)cc2)nc1. The van der Waals surface area contributed by atoms with Gasteiger partial charge >= 0.3 is 11.9 Å². The molecule has 0 aliphatic rings. The summed E-state index contributed by atoms with van der Waals surface area (Å²) in [4.78, 5) is 31.9. The van der Waals surface area contributed by atoms with Crippen molar-refractivity contribution >= 4 is 11.9 Å². The minimum atomic E-state index is -0.318. The minimum Gasteiger partial charge on any atom is -0.463 e. The average molecular weight is 453 g/mol. The van der Waals surface area contributed by atoms with E-state index in [1.54, 1.807) is 0 Å². The largest absolute Gasteiger partial charge is 0.463 e. The summed E-state index contributed by atoms with van der Waals surface area (Å²) in [6.45, 7) is 5.89. The fourth-order valence-electron chi connectivity index (χ4n) is 3.26. The molecule has 2 aromatic rings. The number of hydrogen-bond donors (Lipinski definition) is 0. The Hall–Kier alpha value is -3.02. The van der Waals surface area contributed by atoms with E-state index in [9.17, 15) is 9.59 Å². The van der Waals surface area contributed by atoms with Crippen molar-refractivity contribution in [2.45, 2.75) is 84.7 Å². The topological polar surface area (TPSA) is 78.4 Å². The van der Waals surface area contributed by atoms with Gasteiger partial charge in [-0.05, 0) is 44.6 Å². The molecule has 1 heterocycles. The number of aryl methyl sites for hydroxylation is 1. The van der Waals surface area contributed by atoms with Crippen molar-refractivity contribution in [3.05, 3.63) is 54.4 Å². The van der Waals surface area contributed by atoms with Crippen LogP contribution in [0.4, 0.5) is 0 Å². The first-order valence-corrected chi connectivity index (χ1v) is 12.0. The number of ether oxygens (including phenoxy) is 2. The van der Waals surface area contributed by atoms with Gasteiger partial charge in [-0.3, -0.25) is 9.59 Å². The van der Waals surface area contributed by atoms with Crippen LogP contribution in [0.5, 0.6) is 5.75 Å². The van der Waals surface area contributed by atoms with Crippen LogP contribution in [-0.4, -0.2) is 28.0 Å². The quantitative estimate of drug-likeness (QED) is 0.192. The van der Waals surface area contributed by atoms with E-state index in [-0.39, 0.29) is 24.5 Å². The summed E-state index contributed by atoms with van der Waals surface area (Å²) in [5.74, 6) is 0.483. The maximum absolute atomic E-state index is 11.9. The molecular formula is C27H36N2O4. The van der Waals surface area contributed by atoms with Crippen LogP contribution in [0, 0.1) is 0 Å². The Morgan fingerprint density at radius 2 is 1.70 bits per heavy atom. The van der Waals surface area contributed by atoms with Crippen LogP contribution in [0.25, 0.3) is 11.4 Å². The molecule has 0 spiro atoms. The van der Waals surface area contributed by atoms with E-state index in [2.05, 4.69) is 29.0 Å². The number of rotatable bonds is 14. The third-order valence-corrected chi connectivity index (χ3v) is 5.19. The predicted octanol–water partition coefficient (Wildman–Crippen LogP) is 6.24. The van der Waals surface area contributed by atoms with Gasteiger partial charge in [0, 0.05) is 12.0 Å². The van der Waals surface area contributed by atoms with Gasteiger partial charge in [0.2, 0.25) is 0 Å². The number of hydrogen-bond acceptors (Lipinski definition) is 6. The van der Waals surface area contributed by atoms with E-state index >= 15 is 0 Å². The Kier molecular flexibility index (Phi) is 11.9. The first-order chi connectivity index (χ1) is 16.0. The Morgan fingerprint density at radius 1 is 0.970 bits per heavy atom. The summed E-state index contributed by atoms with van der Waals surface area (Å²) in [6.07, 6.45) is 14.7.